The standard InChI is InChI=1S/C17H23N3OS/c1-12(16(21)20(2)13-8-4-3-5-9-13)22-17-18-14-10-6-7-11-15(14)19-17/h6-7,10-13H,3-5,8-9H2,1-2H3,(H,18,19). The third-order valence-corrected chi connectivity index (χ3v) is 5.45. The molecule has 1 aliphatic rings. The first-order valence-corrected chi connectivity index (χ1v) is 8.91. The quantitative estimate of drug-likeness (QED) is 0.872. The van der Waals surface area contributed by atoms with Crippen molar-refractivity contribution in [3.8, 4) is 0 Å². The second-order valence-electron chi connectivity index (χ2n) is 6.06. The Bertz CT molecular complexity index is 615. The number of rotatable bonds is 4. The molecule has 0 radical (unpaired) electrons. The SMILES string of the molecule is CC(Sc1nc2ccccc2[nH]1)C(=O)N(C)C1CCCCC1. The topological polar surface area (TPSA) is 49.0 Å². The normalized spacial score (nSPS) is 17.5. The van der Waals surface area contributed by atoms with E-state index in [1.807, 2.05) is 43.1 Å². The molecule has 0 aliphatic heterocycles. The van der Waals surface area contributed by atoms with Gasteiger partial charge < -0.3 is 9.88 Å². The number of fused-ring (bicyclic) bond motifs is 1. The lowest BCUT2D eigenvalue weighted by atomic mass is 9.94. The van der Waals surface area contributed by atoms with E-state index in [-0.39, 0.29) is 11.2 Å². The molecule has 0 spiro atoms. The number of amides is 1. The maximum atomic E-state index is 12.6. The van der Waals surface area contributed by atoms with E-state index in [0.717, 1.165) is 29.0 Å². The predicted molar refractivity (Wildman–Crippen MR) is 91.1 cm³/mol. The van der Waals surface area contributed by atoms with Crippen LogP contribution < -0.4 is 0 Å². The number of nitrogens with one attached hydrogen (secondary N) is 1. The highest BCUT2D eigenvalue weighted by Crippen LogP contribution is 2.27. The molecule has 1 aromatic carbocycles. The Morgan fingerprint density at radius 1 is 1.32 bits per heavy atom. The van der Waals surface area contributed by atoms with Gasteiger partial charge in [-0.3, -0.25) is 4.79 Å². The predicted octanol–water partition coefficient (Wildman–Crippen LogP) is 3.83. The summed E-state index contributed by atoms with van der Waals surface area (Å²) in [7, 11) is 1.95. The van der Waals surface area contributed by atoms with E-state index in [2.05, 4.69) is 9.97 Å². The van der Waals surface area contributed by atoms with Crippen LogP contribution in [0.5, 0.6) is 0 Å². The monoisotopic (exact) mass is 317 g/mol. The maximum Gasteiger partial charge on any atom is 0.235 e. The Kier molecular flexibility index (Phi) is 4.71. The van der Waals surface area contributed by atoms with Crippen molar-refractivity contribution in [3.05, 3.63) is 24.3 Å². The molecule has 4 nitrogen and oxygen atoms in total. The lowest BCUT2D eigenvalue weighted by Crippen LogP contribution is -2.42. The van der Waals surface area contributed by atoms with Crippen molar-refractivity contribution < 1.29 is 4.79 Å². The molecule has 0 saturated heterocycles. The largest absolute Gasteiger partial charge is 0.342 e. The molecule has 1 unspecified atom stereocenters. The number of hydrogen-bond acceptors (Lipinski definition) is 3. The highest BCUT2D eigenvalue weighted by Gasteiger charge is 2.26. The molecule has 118 valence electrons. The number of para-hydroxylation sites is 2. The number of aromatic nitrogens is 2. The molecule has 2 aromatic rings. The number of hydrogen-bond donors (Lipinski definition) is 1. The molecular formula is C17H23N3OS. The number of H-pyrrole nitrogens is 1. The molecule has 1 aromatic heterocycles. The summed E-state index contributed by atoms with van der Waals surface area (Å²) in [6, 6.07) is 8.37. The van der Waals surface area contributed by atoms with Crippen LogP contribution in [0, 0.1) is 0 Å². The van der Waals surface area contributed by atoms with Gasteiger partial charge in [0.05, 0.1) is 16.3 Å². The van der Waals surface area contributed by atoms with Gasteiger partial charge in [-0.05, 0) is 31.9 Å². The van der Waals surface area contributed by atoms with Crippen LogP contribution in [0.3, 0.4) is 0 Å². The van der Waals surface area contributed by atoms with Crippen LogP contribution in [0.4, 0.5) is 0 Å². The van der Waals surface area contributed by atoms with Gasteiger partial charge in [0.15, 0.2) is 5.16 Å². The minimum Gasteiger partial charge on any atom is -0.342 e. The van der Waals surface area contributed by atoms with Crippen molar-refractivity contribution in [2.75, 3.05) is 7.05 Å². The van der Waals surface area contributed by atoms with Gasteiger partial charge in [0.1, 0.15) is 0 Å². The number of carbonyl (C=O) groups is 1. The average molecular weight is 317 g/mol. The molecule has 22 heavy (non-hydrogen) atoms. The van der Waals surface area contributed by atoms with Crippen LogP contribution in [-0.4, -0.2) is 39.1 Å². The summed E-state index contributed by atoms with van der Waals surface area (Å²) in [4.78, 5) is 22.4. The zero-order valence-electron chi connectivity index (χ0n) is 13.2. The number of aromatic amines is 1. The number of carbonyl (C=O) groups excluding carboxylic acids is 1. The second kappa shape index (κ2) is 6.73. The van der Waals surface area contributed by atoms with Gasteiger partial charge in [-0.2, -0.15) is 0 Å². The fourth-order valence-corrected chi connectivity index (χ4v) is 4.06. The molecule has 5 heteroatoms. The van der Waals surface area contributed by atoms with Gasteiger partial charge in [0.2, 0.25) is 5.91 Å². The first-order valence-electron chi connectivity index (χ1n) is 8.03. The molecular weight excluding hydrogens is 294 g/mol. The zero-order valence-corrected chi connectivity index (χ0v) is 14.0. The van der Waals surface area contributed by atoms with Crippen LogP contribution in [0.25, 0.3) is 11.0 Å². The molecule has 1 N–H and O–H groups in total. The summed E-state index contributed by atoms with van der Waals surface area (Å²) in [6.45, 7) is 1.97. The van der Waals surface area contributed by atoms with Crippen LogP contribution in [0.2, 0.25) is 0 Å². The van der Waals surface area contributed by atoms with Crippen molar-refractivity contribution in [1.82, 2.24) is 14.9 Å². The van der Waals surface area contributed by atoms with Crippen LogP contribution in [-0.2, 0) is 4.79 Å². The molecule has 1 saturated carbocycles. The van der Waals surface area contributed by atoms with Gasteiger partial charge in [0, 0.05) is 13.1 Å². The van der Waals surface area contributed by atoms with E-state index < -0.39 is 0 Å². The third kappa shape index (κ3) is 3.29. The van der Waals surface area contributed by atoms with E-state index in [9.17, 15) is 4.79 Å². The Balaban J connectivity index is 1.64. The average Bonchev–Trinajstić information content (AvgIpc) is 2.96. The van der Waals surface area contributed by atoms with Crippen molar-refractivity contribution in [1.29, 1.82) is 0 Å². The molecule has 1 amide bonds. The fraction of sp³-hybridized carbons (Fsp3) is 0.529. The minimum absolute atomic E-state index is 0.118. The van der Waals surface area contributed by atoms with Crippen molar-refractivity contribution in [2.45, 2.75) is 55.5 Å². The Morgan fingerprint density at radius 2 is 2.05 bits per heavy atom. The van der Waals surface area contributed by atoms with Crippen molar-refractivity contribution in [2.24, 2.45) is 0 Å². The van der Waals surface area contributed by atoms with Crippen molar-refractivity contribution in [3.63, 3.8) is 0 Å². The van der Waals surface area contributed by atoms with Gasteiger partial charge in [-0.1, -0.05) is 43.2 Å². The fourth-order valence-electron chi connectivity index (χ4n) is 3.14. The van der Waals surface area contributed by atoms with Crippen LogP contribution in [0.1, 0.15) is 39.0 Å². The number of nitrogens with zero attached hydrogens (tertiary/aromatic N) is 2. The zero-order chi connectivity index (χ0) is 15.5. The van der Waals surface area contributed by atoms with Gasteiger partial charge in [-0.15, -0.1) is 0 Å². The summed E-state index contributed by atoms with van der Waals surface area (Å²) in [6.07, 6.45) is 6.08. The lowest BCUT2D eigenvalue weighted by Gasteiger charge is -2.32. The molecule has 1 heterocycles. The number of imidazole rings is 1. The van der Waals surface area contributed by atoms with Gasteiger partial charge in [0.25, 0.3) is 0 Å². The van der Waals surface area contributed by atoms with E-state index in [4.69, 9.17) is 0 Å². The molecule has 1 fully saturated rings. The summed E-state index contributed by atoms with van der Waals surface area (Å²) >= 11 is 1.51. The smallest absolute Gasteiger partial charge is 0.235 e. The van der Waals surface area contributed by atoms with E-state index in [0.29, 0.717) is 6.04 Å². The Labute approximate surface area is 135 Å². The first kappa shape index (κ1) is 15.4. The van der Waals surface area contributed by atoms with Crippen LogP contribution >= 0.6 is 11.8 Å². The summed E-state index contributed by atoms with van der Waals surface area (Å²) < 4.78 is 0. The first-order chi connectivity index (χ1) is 10.6. The molecule has 1 aliphatic carbocycles. The third-order valence-electron chi connectivity index (χ3n) is 4.47. The number of thioether (sulfide) groups is 1. The Hall–Kier alpha value is -1.49. The summed E-state index contributed by atoms with van der Waals surface area (Å²) in [5.74, 6) is 0.206. The highest BCUT2D eigenvalue weighted by atomic mass is 32.2. The van der Waals surface area contributed by atoms with Gasteiger partial charge >= 0.3 is 0 Å². The Morgan fingerprint density at radius 3 is 2.77 bits per heavy atom. The lowest BCUT2D eigenvalue weighted by molar-refractivity contribution is -0.131. The minimum atomic E-state index is -0.118. The summed E-state index contributed by atoms with van der Waals surface area (Å²) in [5, 5.41) is 0.701. The second-order valence-corrected chi connectivity index (χ2v) is 7.39. The maximum absolute atomic E-state index is 12.6. The number of benzene rings is 1. The molecule has 0 bridgehead atoms. The van der Waals surface area contributed by atoms with E-state index in [1.54, 1.807) is 0 Å². The van der Waals surface area contributed by atoms with Gasteiger partial charge in [-0.25, -0.2) is 4.98 Å². The molecule has 1 atom stereocenters. The van der Waals surface area contributed by atoms with Crippen molar-refractivity contribution >= 4 is 28.7 Å². The summed E-state index contributed by atoms with van der Waals surface area (Å²) in [5.41, 5.74) is 1.97. The molecule has 3 rings (SSSR count). The van der Waals surface area contributed by atoms with E-state index >= 15 is 0 Å². The van der Waals surface area contributed by atoms with Crippen LogP contribution in [0.15, 0.2) is 29.4 Å². The van der Waals surface area contributed by atoms with E-state index in [1.165, 1.54) is 31.0 Å². The highest BCUT2D eigenvalue weighted by molar-refractivity contribution is 8.00.